The monoisotopic (exact) mass is 540 g/mol. The average Bonchev–Trinajstić information content (AvgIpc) is 2.87. The van der Waals surface area contributed by atoms with E-state index in [1.807, 2.05) is 44.2 Å². The summed E-state index contributed by atoms with van der Waals surface area (Å²) in [6, 6.07) is 8.11. The van der Waals surface area contributed by atoms with Crippen molar-refractivity contribution in [2.45, 2.75) is 84.8 Å². The van der Waals surface area contributed by atoms with Crippen LogP contribution in [-0.2, 0) is 44.7 Å². The zero-order chi connectivity index (χ0) is 28.2. The first-order chi connectivity index (χ1) is 18.1. The normalized spacial score (nSPS) is 12.9. The molecule has 1 aromatic rings. The molecule has 0 heterocycles. The summed E-state index contributed by atoms with van der Waals surface area (Å²) in [6.45, 7) is 11.0. The number of hydrogen-bond acceptors (Lipinski definition) is 9. The van der Waals surface area contributed by atoms with Crippen LogP contribution in [0.25, 0.3) is 0 Å². The van der Waals surface area contributed by atoms with Crippen LogP contribution in [0.1, 0.15) is 65.9 Å². The van der Waals surface area contributed by atoms with Crippen molar-refractivity contribution in [1.29, 1.82) is 0 Å². The molecular weight excluding hydrogens is 496 g/mol. The van der Waals surface area contributed by atoms with Gasteiger partial charge in [-0.25, -0.2) is 15.1 Å². The van der Waals surface area contributed by atoms with Crippen LogP contribution < -0.4 is 10.8 Å². The maximum absolute atomic E-state index is 12.9. The van der Waals surface area contributed by atoms with Gasteiger partial charge < -0.3 is 29.0 Å². The Labute approximate surface area is 225 Å². The number of nitrogens with one attached hydrogen (secondary N) is 2. The van der Waals surface area contributed by atoms with Gasteiger partial charge in [-0.2, -0.15) is 0 Å². The molecule has 0 spiro atoms. The largest absolute Gasteiger partial charge is 0.461 e. The van der Waals surface area contributed by atoms with Gasteiger partial charge in [-0.1, -0.05) is 43.7 Å². The Bertz CT molecular complexity index is 799. The molecule has 1 rings (SSSR count). The van der Waals surface area contributed by atoms with E-state index < -0.39 is 35.9 Å². The molecule has 216 valence electrons. The van der Waals surface area contributed by atoms with Crippen molar-refractivity contribution in [3.63, 3.8) is 0 Å². The second-order valence-corrected chi connectivity index (χ2v) is 9.39. The fourth-order valence-electron chi connectivity index (χ4n) is 2.90. The predicted molar refractivity (Wildman–Crippen MR) is 140 cm³/mol. The molecule has 0 aromatic heterocycles. The summed E-state index contributed by atoms with van der Waals surface area (Å²) in [6.07, 6.45) is -0.0884. The van der Waals surface area contributed by atoms with E-state index in [9.17, 15) is 14.4 Å². The zero-order valence-electron chi connectivity index (χ0n) is 23.3. The second-order valence-electron chi connectivity index (χ2n) is 9.39. The van der Waals surface area contributed by atoms with Crippen LogP contribution in [0, 0.1) is 0 Å². The molecule has 0 saturated carbocycles. The number of alkyl carbamates (subject to hydrolysis) is 1. The molecule has 0 radical (unpaired) electrons. The van der Waals surface area contributed by atoms with Gasteiger partial charge in [0.1, 0.15) is 24.9 Å². The Hall–Kier alpha value is -2.73. The fourth-order valence-corrected chi connectivity index (χ4v) is 2.90. The smallest absolute Gasteiger partial charge is 0.408 e. The number of benzene rings is 1. The van der Waals surface area contributed by atoms with Gasteiger partial charge >= 0.3 is 12.1 Å². The minimum atomic E-state index is -1.12. The van der Waals surface area contributed by atoms with Crippen molar-refractivity contribution in [2.75, 3.05) is 33.0 Å². The number of amides is 2. The van der Waals surface area contributed by atoms with Crippen molar-refractivity contribution in [2.24, 2.45) is 0 Å². The lowest BCUT2D eigenvalue weighted by atomic mass is 10.1. The van der Waals surface area contributed by atoms with Crippen molar-refractivity contribution >= 4 is 18.0 Å². The van der Waals surface area contributed by atoms with Crippen LogP contribution in [0.4, 0.5) is 4.79 Å². The molecule has 0 aliphatic carbocycles. The van der Waals surface area contributed by atoms with Gasteiger partial charge in [-0.3, -0.25) is 9.59 Å². The minimum absolute atomic E-state index is 0.0335. The van der Waals surface area contributed by atoms with Crippen LogP contribution in [0.3, 0.4) is 0 Å². The van der Waals surface area contributed by atoms with Crippen LogP contribution >= 0.6 is 0 Å². The highest BCUT2D eigenvalue weighted by molar-refractivity contribution is 5.85. The van der Waals surface area contributed by atoms with Crippen LogP contribution in [0.5, 0.6) is 0 Å². The highest BCUT2D eigenvalue weighted by Gasteiger charge is 2.26. The van der Waals surface area contributed by atoms with Gasteiger partial charge in [0.25, 0.3) is 5.91 Å². The van der Waals surface area contributed by atoms with Gasteiger partial charge in [0.2, 0.25) is 6.29 Å². The molecule has 1 aromatic carbocycles. The number of carbonyl (C=O) groups is 3. The maximum Gasteiger partial charge on any atom is 0.408 e. The van der Waals surface area contributed by atoms with Gasteiger partial charge in [0, 0.05) is 19.6 Å². The summed E-state index contributed by atoms with van der Waals surface area (Å²) in [5.74, 6) is -1.19. The molecule has 0 aliphatic rings. The summed E-state index contributed by atoms with van der Waals surface area (Å²) in [5, 5.41) is 2.50. The molecular formula is C27H44N2O9. The van der Waals surface area contributed by atoms with Crippen LogP contribution in [0.15, 0.2) is 30.3 Å². The predicted octanol–water partition coefficient (Wildman–Crippen LogP) is 3.65. The first kappa shape index (κ1) is 33.3. The Balaban J connectivity index is 2.69. The Morgan fingerprint density at radius 3 is 2.34 bits per heavy atom. The lowest BCUT2D eigenvalue weighted by Gasteiger charge is -2.24. The summed E-state index contributed by atoms with van der Waals surface area (Å²) >= 11 is 0. The topological polar surface area (TPSA) is 131 Å². The molecule has 2 amide bonds. The van der Waals surface area contributed by atoms with E-state index >= 15 is 0 Å². The van der Waals surface area contributed by atoms with E-state index in [2.05, 4.69) is 10.8 Å². The highest BCUT2D eigenvalue weighted by Crippen LogP contribution is 2.09. The van der Waals surface area contributed by atoms with Crippen molar-refractivity contribution in [1.82, 2.24) is 10.8 Å². The molecule has 0 bridgehead atoms. The maximum atomic E-state index is 12.9. The number of unbranched alkanes of at least 4 members (excludes halogenated alkanes) is 1. The van der Waals surface area contributed by atoms with E-state index in [0.29, 0.717) is 26.4 Å². The molecule has 38 heavy (non-hydrogen) atoms. The fraction of sp³-hybridized carbons (Fsp3) is 0.667. The van der Waals surface area contributed by atoms with Gasteiger partial charge in [0.15, 0.2) is 0 Å². The Morgan fingerprint density at radius 2 is 1.68 bits per heavy atom. The van der Waals surface area contributed by atoms with E-state index in [0.717, 1.165) is 18.4 Å². The zero-order valence-corrected chi connectivity index (χ0v) is 23.3. The molecule has 0 aliphatic heterocycles. The summed E-state index contributed by atoms with van der Waals surface area (Å²) in [7, 11) is 0. The van der Waals surface area contributed by atoms with Crippen LogP contribution in [-0.4, -0.2) is 68.9 Å². The third kappa shape index (κ3) is 16.9. The van der Waals surface area contributed by atoms with Gasteiger partial charge in [-0.05, 0) is 46.1 Å². The van der Waals surface area contributed by atoms with Crippen molar-refractivity contribution < 1.29 is 42.9 Å². The van der Waals surface area contributed by atoms with E-state index in [1.165, 1.54) is 0 Å². The molecule has 2 N–H and O–H groups in total. The van der Waals surface area contributed by atoms with Gasteiger partial charge in [0.05, 0.1) is 13.2 Å². The SMILES string of the molecule is CCCCOC(COCCOCC)ONC(=O)[C@H](CCC(=O)OCc1ccccc1)NC(=O)OC(C)(C)C. The Morgan fingerprint density at radius 1 is 0.974 bits per heavy atom. The number of carbonyl (C=O) groups excluding carboxylic acids is 3. The average molecular weight is 541 g/mol. The van der Waals surface area contributed by atoms with E-state index in [4.69, 9.17) is 28.5 Å². The standard InChI is InChI=1S/C27H44N2O9/c1-6-8-16-35-24(20-34-18-17-33-7-2)38-29-25(31)22(28-26(32)37-27(3,4)5)14-15-23(30)36-19-21-12-10-9-11-13-21/h9-13,22,24H,6-8,14-20H2,1-5H3,(H,28,32)(H,29,31)/t22-,24?/m0/s1. The lowest BCUT2D eigenvalue weighted by Crippen LogP contribution is -2.49. The third-order valence-corrected chi connectivity index (χ3v) is 4.81. The van der Waals surface area contributed by atoms with Crippen molar-refractivity contribution in [3.05, 3.63) is 35.9 Å². The summed E-state index contributed by atoms with van der Waals surface area (Å²) < 4.78 is 26.9. The molecule has 11 heteroatoms. The molecule has 1 unspecified atom stereocenters. The Kier molecular flexibility index (Phi) is 17.0. The number of rotatable bonds is 19. The number of hydrogen-bond donors (Lipinski definition) is 2. The van der Waals surface area contributed by atoms with Gasteiger partial charge in [-0.15, -0.1) is 0 Å². The van der Waals surface area contributed by atoms with Crippen molar-refractivity contribution in [3.8, 4) is 0 Å². The molecule has 11 nitrogen and oxygen atoms in total. The summed E-state index contributed by atoms with van der Waals surface area (Å²) in [4.78, 5) is 43.0. The number of hydroxylamine groups is 1. The number of esters is 1. The third-order valence-electron chi connectivity index (χ3n) is 4.81. The summed E-state index contributed by atoms with van der Waals surface area (Å²) in [5.41, 5.74) is 2.38. The molecule has 2 atom stereocenters. The van der Waals surface area contributed by atoms with E-state index in [1.54, 1.807) is 20.8 Å². The second kappa shape index (κ2) is 19.4. The first-order valence-corrected chi connectivity index (χ1v) is 13.1. The van der Waals surface area contributed by atoms with Crippen LogP contribution in [0.2, 0.25) is 0 Å². The quantitative estimate of drug-likeness (QED) is 0.117. The minimum Gasteiger partial charge on any atom is -0.461 e. The highest BCUT2D eigenvalue weighted by atomic mass is 16.8. The lowest BCUT2D eigenvalue weighted by molar-refractivity contribution is -0.208. The molecule has 0 saturated heterocycles. The first-order valence-electron chi connectivity index (χ1n) is 13.1. The van der Waals surface area contributed by atoms with E-state index in [-0.39, 0.29) is 26.1 Å². The molecule has 0 fully saturated rings. The number of ether oxygens (including phenoxy) is 5.